The smallest absolute Gasteiger partial charge is 0.149 e. The molecule has 0 atom stereocenters. The second-order valence-corrected chi connectivity index (χ2v) is 3.82. The highest BCUT2D eigenvalue weighted by atomic mass is 19.1. The van der Waals surface area contributed by atoms with E-state index in [0.717, 1.165) is 5.69 Å². The van der Waals surface area contributed by atoms with Gasteiger partial charge in [0.15, 0.2) is 0 Å². The van der Waals surface area contributed by atoms with E-state index in [1.54, 1.807) is 27.3 Å². The maximum Gasteiger partial charge on any atom is 0.149 e. The molecule has 0 unspecified atom stereocenters. The summed E-state index contributed by atoms with van der Waals surface area (Å²) in [7, 11) is 4.90. The first kappa shape index (κ1) is 12.6. The van der Waals surface area contributed by atoms with E-state index in [0.29, 0.717) is 23.4 Å². The summed E-state index contributed by atoms with van der Waals surface area (Å²) in [5.41, 5.74) is 1.72. The van der Waals surface area contributed by atoms with Crippen LogP contribution in [0.4, 0.5) is 10.1 Å². The SMILES string of the molecule is CNc1cc(COC)nc2c(F)ccc(OC)c12. The van der Waals surface area contributed by atoms with Crippen molar-refractivity contribution >= 4 is 16.6 Å². The van der Waals surface area contributed by atoms with Gasteiger partial charge in [-0.3, -0.25) is 0 Å². The van der Waals surface area contributed by atoms with E-state index in [1.165, 1.54) is 6.07 Å². The van der Waals surface area contributed by atoms with Gasteiger partial charge in [0.2, 0.25) is 0 Å². The summed E-state index contributed by atoms with van der Waals surface area (Å²) in [5, 5.41) is 3.67. The van der Waals surface area contributed by atoms with Crippen molar-refractivity contribution in [1.82, 2.24) is 4.98 Å². The molecule has 1 heterocycles. The molecular weight excluding hydrogens is 235 g/mol. The van der Waals surface area contributed by atoms with Crippen molar-refractivity contribution in [2.45, 2.75) is 6.61 Å². The lowest BCUT2D eigenvalue weighted by Crippen LogP contribution is -2.00. The van der Waals surface area contributed by atoms with E-state index in [-0.39, 0.29) is 11.3 Å². The van der Waals surface area contributed by atoms with Gasteiger partial charge in [-0.15, -0.1) is 0 Å². The molecule has 0 aliphatic rings. The summed E-state index contributed by atoms with van der Waals surface area (Å²) in [6, 6.07) is 4.77. The highest BCUT2D eigenvalue weighted by Crippen LogP contribution is 2.33. The number of nitrogens with zero attached hydrogens (tertiary/aromatic N) is 1. The van der Waals surface area contributed by atoms with Crippen molar-refractivity contribution in [3.63, 3.8) is 0 Å². The lowest BCUT2D eigenvalue weighted by atomic mass is 10.1. The minimum absolute atomic E-state index is 0.285. The van der Waals surface area contributed by atoms with Gasteiger partial charge in [-0.1, -0.05) is 0 Å². The van der Waals surface area contributed by atoms with Gasteiger partial charge >= 0.3 is 0 Å². The Morgan fingerprint density at radius 2 is 2.11 bits per heavy atom. The monoisotopic (exact) mass is 250 g/mol. The summed E-state index contributed by atoms with van der Waals surface area (Å²) in [4.78, 5) is 4.26. The van der Waals surface area contributed by atoms with Gasteiger partial charge < -0.3 is 14.8 Å². The molecule has 0 spiro atoms. The van der Waals surface area contributed by atoms with E-state index < -0.39 is 0 Å². The van der Waals surface area contributed by atoms with Crippen LogP contribution in [0.5, 0.6) is 5.75 Å². The number of nitrogens with one attached hydrogen (secondary N) is 1. The molecular formula is C13H15FN2O2. The van der Waals surface area contributed by atoms with Crippen LogP contribution in [-0.4, -0.2) is 26.3 Å². The molecule has 0 radical (unpaired) electrons. The van der Waals surface area contributed by atoms with Crippen LogP contribution in [0.25, 0.3) is 10.9 Å². The topological polar surface area (TPSA) is 43.4 Å². The second-order valence-electron chi connectivity index (χ2n) is 3.82. The van der Waals surface area contributed by atoms with Gasteiger partial charge in [0.25, 0.3) is 0 Å². The zero-order chi connectivity index (χ0) is 13.1. The Balaban J connectivity index is 2.77. The van der Waals surface area contributed by atoms with Crippen LogP contribution in [-0.2, 0) is 11.3 Å². The van der Waals surface area contributed by atoms with Gasteiger partial charge in [-0.2, -0.15) is 0 Å². The Bertz CT molecular complexity index is 572. The Hall–Kier alpha value is -1.88. The van der Waals surface area contributed by atoms with Gasteiger partial charge in [0, 0.05) is 19.8 Å². The summed E-state index contributed by atoms with van der Waals surface area (Å²) in [6.07, 6.45) is 0. The number of hydrogen-bond donors (Lipinski definition) is 1. The molecule has 18 heavy (non-hydrogen) atoms. The quantitative estimate of drug-likeness (QED) is 0.905. The largest absolute Gasteiger partial charge is 0.496 e. The van der Waals surface area contributed by atoms with Crippen molar-refractivity contribution in [3.05, 3.63) is 29.7 Å². The summed E-state index contributed by atoms with van der Waals surface area (Å²) in [6.45, 7) is 0.335. The molecule has 1 aromatic carbocycles. The molecule has 0 aliphatic heterocycles. The number of hydrogen-bond acceptors (Lipinski definition) is 4. The van der Waals surface area contributed by atoms with E-state index in [2.05, 4.69) is 10.3 Å². The summed E-state index contributed by atoms with van der Waals surface area (Å²) in [5.74, 6) is 0.215. The van der Waals surface area contributed by atoms with Gasteiger partial charge in [0.1, 0.15) is 17.1 Å². The minimum Gasteiger partial charge on any atom is -0.496 e. The van der Waals surface area contributed by atoms with E-state index in [9.17, 15) is 4.39 Å². The zero-order valence-electron chi connectivity index (χ0n) is 10.6. The van der Waals surface area contributed by atoms with Crippen LogP contribution in [0, 0.1) is 5.82 Å². The number of anilines is 1. The Labute approximate surface area is 105 Å². The van der Waals surface area contributed by atoms with Crippen molar-refractivity contribution in [2.75, 3.05) is 26.6 Å². The molecule has 4 nitrogen and oxygen atoms in total. The van der Waals surface area contributed by atoms with Crippen molar-refractivity contribution < 1.29 is 13.9 Å². The molecule has 2 aromatic rings. The standard InChI is InChI=1S/C13H15FN2O2/c1-15-10-6-8(7-17-2)16-13-9(14)4-5-11(18-3)12(10)13/h4-6H,7H2,1-3H3,(H,15,16). The van der Waals surface area contributed by atoms with Crippen LogP contribution in [0.15, 0.2) is 18.2 Å². The van der Waals surface area contributed by atoms with Crippen molar-refractivity contribution in [3.8, 4) is 5.75 Å². The maximum absolute atomic E-state index is 13.9. The second kappa shape index (κ2) is 5.18. The molecule has 0 bridgehead atoms. The predicted octanol–water partition coefficient (Wildman–Crippen LogP) is 2.57. The first-order valence-electron chi connectivity index (χ1n) is 5.54. The molecule has 1 aromatic heterocycles. The zero-order valence-corrected chi connectivity index (χ0v) is 10.6. The summed E-state index contributed by atoms with van der Waals surface area (Å²) < 4.78 is 24.1. The third-order valence-corrected chi connectivity index (χ3v) is 2.71. The molecule has 0 amide bonds. The lowest BCUT2D eigenvalue weighted by molar-refractivity contribution is 0.182. The van der Waals surface area contributed by atoms with E-state index >= 15 is 0 Å². The van der Waals surface area contributed by atoms with E-state index in [1.807, 2.05) is 6.07 Å². The van der Waals surface area contributed by atoms with Gasteiger partial charge in [-0.05, 0) is 18.2 Å². The number of halogens is 1. The third-order valence-electron chi connectivity index (χ3n) is 2.71. The van der Waals surface area contributed by atoms with Crippen molar-refractivity contribution in [1.29, 1.82) is 0 Å². The molecule has 1 N–H and O–H groups in total. The molecule has 96 valence electrons. The fourth-order valence-corrected chi connectivity index (χ4v) is 1.92. The molecule has 0 saturated heterocycles. The number of pyridine rings is 1. The molecule has 5 heteroatoms. The highest BCUT2D eigenvalue weighted by molar-refractivity contribution is 5.96. The number of fused-ring (bicyclic) bond motifs is 1. The first-order valence-corrected chi connectivity index (χ1v) is 5.54. The predicted molar refractivity (Wildman–Crippen MR) is 68.5 cm³/mol. The van der Waals surface area contributed by atoms with Crippen LogP contribution >= 0.6 is 0 Å². The Kier molecular flexibility index (Phi) is 3.62. The first-order chi connectivity index (χ1) is 8.71. The number of ether oxygens (including phenoxy) is 2. The normalized spacial score (nSPS) is 10.7. The highest BCUT2D eigenvalue weighted by Gasteiger charge is 2.13. The summed E-state index contributed by atoms with van der Waals surface area (Å²) >= 11 is 0. The van der Waals surface area contributed by atoms with Crippen LogP contribution in [0.1, 0.15) is 5.69 Å². The third kappa shape index (κ3) is 2.09. The average Bonchev–Trinajstić information content (AvgIpc) is 2.39. The molecule has 0 fully saturated rings. The number of rotatable bonds is 4. The van der Waals surface area contributed by atoms with E-state index in [4.69, 9.17) is 9.47 Å². The Morgan fingerprint density at radius 1 is 1.33 bits per heavy atom. The number of methoxy groups -OCH3 is 2. The van der Waals surface area contributed by atoms with Gasteiger partial charge in [0.05, 0.1) is 24.8 Å². The van der Waals surface area contributed by atoms with Gasteiger partial charge in [-0.25, -0.2) is 9.37 Å². The van der Waals surface area contributed by atoms with Crippen LogP contribution in [0.3, 0.4) is 0 Å². The molecule has 0 saturated carbocycles. The molecule has 0 aliphatic carbocycles. The Morgan fingerprint density at radius 3 is 2.72 bits per heavy atom. The number of benzene rings is 1. The minimum atomic E-state index is -0.375. The average molecular weight is 250 g/mol. The maximum atomic E-state index is 13.9. The fraction of sp³-hybridized carbons (Fsp3) is 0.308. The van der Waals surface area contributed by atoms with Crippen molar-refractivity contribution in [2.24, 2.45) is 0 Å². The lowest BCUT2D eigenvalue weighted by Gasteiger charge is -2.12. The van der Waals surface area contributed by atoms with Crippen LogP contribution < -0.4 is 10.1 Å². The molecule has 2 rings (SSSR count). The number of aromatic nitrogens is 1. The van der Waals surface area contributed by atoms with Crippen LogP contribution in [0.2, 0.25) is 0 Å². The fourth-order valence-electron chi connectivity index (χ4n) is 1.92.